The zero-order valence-electron chi connectivity index (χ0n) is 21.1. The van der Waals surface area contributed by atoms with E-state index in [-0.39, 0.29) is 5.56 Å². The zero-order chi connectivity index (χ0) is 28.1. The number of halogens is 3. The number of nitrogens with one attached hydrogen (secondary N) is 2. The van der Waals surface area contributed by atoms with Gasteiger partial charge in [0, 0.05) is 29.3 Å². The van der Waals surface area contributed by atoms with Crippen molar-refractivity contribution in [1.29, 1.82) is 0 Å². The number of ether oxygens (including phenoxy) is 1. The third-order valence-electron chi connectivity index (χ3n) is 5.82. The molecular weight excluding hydrogens is 519 g/mol. The smallest absolute Gasteiger partial charge is 0.416 e. The van der Waals surface area contributed by atoms with Crippen LogP contribution in [0.25, 0.3) is 11.3 Å². The average molecular weight is 542 g/mol. The van der Waals surface area contributed by atoms with E-state index in [0.717, 1.165) is 17.8 Å². The van der Waals surface area contributed by atoms with E-state index in [1.807, 2.05) is 36.4 Å². The summed E-state index contributed by atoms with van der Waals surface area (Å²) in [6.07, 6.45) is -1.30. The largest absolute Gasteiger partial charge is 0.438 e. The molecule has 0 radical (unpaired) electrons. The van der Waals surface area contributed by atoms with Crippen LogP contribution < -0.4 is 15.4 Å². The van der Waals surface area contributed by atoms with Crippen LogP contribution in [0.4, 0.5) is 30.5 Å². The molecule has 0 fully saturated rings. The van der Waals surface area contributed by atoms with Gasteiger partial charge >= 0.3 is 6.18 Å². The number of aromatic nitrogens is 3. The zero-order valence-corrected chi connectivity index (χ0v) is 21.1. The second-order valence-corrected chi connectivity index (χ2v) is 8.73. The number of carbonyl (C=O) groups is 1. The topological polar surface area (TPSA) is 89.0 Å². The van der Waals surface area contributed by atoms with Crippen molar-refractivity contribution < 1.29 is 22.7 Å². The van der Waals surface area contributed by atoms with Gasteiger partial charge in [0.15, 0.2) is 0 Å². The van der Waals surface area contributed by atoms with Crippen LogP contribution in [0.5, 0.6) is 11.6 Å². The molecule has 0 spiro atoms. The Morgan fingerprint density at radius 1 is 0.825 bits per heavy atom. The van der Waals surface area contributed by atoms with Crippen molar-refractivity contribution in [2.45, 2.75) is 13.1 Å². The number of pyridine rings is 1. The summed E-state index contributed by atoms with van der Waals surface area (Å²) >= 11 is 0. The van der Waals surface area contributed by atoms with E-state index in [4.69, 9.17) is 4.74 Å². The number of aryl methyl sites for hydroxylation is 1. The Hall–Kier alpha value is -5.25. The van der Waals surface area contributed by atoms with Crippen LogP contribution in [0.3, 0.4) is 0 Å². The summed E-state index contributed by atoms with van der Waals surface area (Å²) in [4.78, 5) is 25.9. The van der Waals surface area contributed by atoms with E-state index in [2.05, 4.69) is 25.6 Å². The Labute approximate surface area is 227 Å². The molecule has 0 atom stereocenters. The van der Waals surface area contributed by atoms with E-state index in [1.54, 1.807) is 49.6 Å². The molecule has 0 saturated heterocycles. The van der Waals surface area contributed by atoms with Crippen LogP contribution >= 0.6 is 0 Å². The van der Waals surface area contributed by atoms with Crippen LogP contribution in [0, 0.1) is 6.92 Å². The first-order chi connectivity index (χ1) is 19.3. The summed E-state index contributed by atoms with van der Waals surface area (Å²) in [6.45, 7) is 1.78. The highest BCUT2D eigenvalue weighted by Crippen LogP contribution is 2.33. The third kappa shape index (κ3) is 6.24. The van der Waals surface area contributed by atoms with E-state index in [0.29, 0.717) is 40.1 Å². The molecule has 2 aromatic heterocycles. The van der Waals surface area contributed by atoms with Gasteiger partial charge in [0.05, 0.1) is 16.8 Å². The second-order valence-electron chi connectivity index (χ2n) is 8.73. The van der Waals surface area contributed by atoms with E-state index in [1.165, 1.54) is 12.1 Å². The summed E-state index contributed by atoms with van der Waals surface area (Å²) in [6, 6.07) is 24.1. The molecule has 200 valence electrons. The highest BCUT2D eigenvalue weighted by Gasteiger charge is 2.30. The molecule has 0 saturated carbocycles. The standard InChI is InChI=1S/C30H22F3N5O2/c1-19-17-23(36-27(39)20-7-5-8-21(18-20)30(31,32)33)12-13-26(19)40-28-24(11-6-15-34-28)25-14-16-35-29(38-25)37-22-9-3-2-4-10-22/h2-18H,1H3,(H,36,39)(H,35,37,38). The predicted molar refractivity (Wildman–Crippen MR) is 146 cm³/mol. The van der Waals surface area contributed by atoms with Gasteiger partial charge in [-0.15, -0.1) is 0 Å². The van der Waals surface area contributed by atoms with Crippen molar-refractivity contribution in [3.8, 4) is 22.9 Å². The van der Waals surface area contributed by atoms with Gasteiger partial charge in [-0.2, -0.15) is 13.2 Å². The molecule has 10 heteroatoms. The fourth-order valence-electron chi connectivity index (χ4n) is 3.87. The number of rotatable bonds is 7. The maximum Gasteiger partial charge on any atom is 0.416 e. The minimum Gasteiger partial charge on any atom is -0.438 e. The Morgan fingerprint density at radius 3 is 2.42 bits per heavy atom. The minimum atomic E-state index is -4.54. The molecule has 1 amide bonds. The monoisotopic (exact) mass is 541 g/mol. The lowest BCUT2D eigenvalue weighted by Crippen LogP contribution is -2.14. The molecule has 40 heavy (non-hydrogen) atoms. The fraction of sp³-hybridized carbons (Fsp3) is 0.0667. The van der Waals surface area contributed by atoms with Gasteiger partial charge in [0.1, 0.15) is 5.75 Å². The molecule has 2 N–H and O–H groups in total. The highest BCUT2D eigenvalue weighted by atomic mass is 19.4. The van der Waals surface area contributed by atoms with E-state index < -0.39 is 17.6 Å². The van der Waals surface area contributed by atoms with Gasteiger partial charge < -0.3 is 15.4 Å². The lowest BCUT2D eigenvalue weighted by molar-refractivity contribution is -0.137. The first-order valence-electron chi connectivity index (χ1n) is 12.1. The SMILES string of the molecule is Cc1cc(NC(=O)c2cccc(C(F)(F)F)c2)ccc1Oc1ncccc1-c1ccnc(Nc2ccccc2)n1. The summed E-state index contributed by atoms with van der Waals surface area (Å²) in [5.74, 6) is 0.551. The van der Waals surface area contributed by atoms with Crippen molar-refractivity contribution in [2.75, 3.05) is 10.6 Å². The highest BCUT2D eigenvalue weighted by molar-refractivity contribution is 6.04. The molecule has 2 heterocycles. The van der Waals surface area contributed by atoms with Crippen molar-refractivity contribution >= 4 is 23.2 Å². The van der Waals surface area contributed by atoms with Crippen molar-refractivity contribution in [2.24, 2.45) is 0 Å². The van der Waals surface area contributed by atoms with Gasteiger partial charge in [0.2, 0.25) is 11.8 Å². The van der Waals surface area contributed by atoms with Gasteiger partial charge in [0.25, 0.3) is 5.91 Å². The third-order valence-corrected chi connectivity index (χ3v) is 5.82. The first-order valence-corrected chi connectivity index (χ1v) is 12.1. The summed E-state index contributed by atoms with van der Waals surface area (Å²) in [5, 5.41) is 5.79. The van der Waals surface area contributed by atoms with Gasteiger partial charge in [-0.3, -0.25) is 4.79 Å². The molecule has 5 rings (SSSR count). The normalized spacial score (nSPS) is 11.1. The molecule has 0 aliphatic carbocycles. The van der Waals surface area contributed by atoms with Crippen LogP contribution in [0.2, 0.25) is 0 Å². The molecule has 0 aliphatic heterocycles. The lowest BCUT2D eigenvalue weighted by Gasteiger charge is -2.14. The maximum absolute atomic E-state index is 13.0. The number of hydrogen-bond donors (Lipinski definition) is 2. The van der Waals surface area contributed by atoms with E-state index in [9.17, 15) is 18.0 Å². The minimum absolute atomic E-state index is 0.100. The first kappa shape index (κ1) is 26.4. The average Bonchev–Trinajstić information content (AvgIpc) is 2.95. The molecule has 7 nitrogen and oxygen atoms in total. The van der Waals surface area contributed by atoms with Crippen molar-refractivity contribution in [1.82, 2.24) is 15.0 Å². The number of carbonyl (C=O) groups excluding carboxylic acids is 1. The van der Waals surface area contributed by atoms with E-state index >= 15 is 0 Å². The molecular formula is C30H22F3N5O2. The van der Waals surface area contributed by atoms with Crippen LogP contribution in [-0.2, 0) is 6.18 Å². The van der Waals surface area contributed by atoms with Gasteiger partial charge in [-0.25, -0.2) is 15.0 Å². The molecule has 0 bridgehead atoms. The summed E-state index contributed by atoms with van der Waals surface area (Å²) < 4.78 is 45.2. The lowest BCUT2D eigenvalue weighted by atomic mass is 10.1. The van der Waals surface area contributed by atoms with Crippen molar-refractivity contribution in [3.05, 3.63) is 120 Å². The molecule has 0 aliphatic rings. The van der Waals surface area contributed by atoms with Crippen LogP contribution in [-0.4, -0.2) is 20.9 Å². The Bertz CT molecular complexity index is 1660. The Balaban J connectivity index is 1.33. The Kier molecular flexibility index (Phi) is 7.41. The van der Waals surface area contributed by atoms with Gasteiger partial charge in [-0.1, -0.05) is 24.3 Å². The maximum atomic E-state index is 13.0. The van der Waals surface area contributed by atoms with Crippen molar-refractivity contribution in [3.63, 3.8) is 0 Å². The number of benzene rings is 3. The fourth-order valence-corrected chi connectivity index (χ4v) is 3.87. The number of amides is 1. The molecule has 5 aromatic rings. The number of anilines is 3. The number of nitrogens with zero attached hydrogens (tertiary/aromatic N) is 3. The van der Waals surface area contributed by atoms with Crippen LogP contribution in [0.1, 0.15) is 21.5 Å². The molecule has 3 aromatic carbocycles. The number of hydrogen-bond acceptors (Lipinski definition) is 6. The second kappa shape index (κ2) is 11.2. The van der Waals surface area contributed by atoms with Gasteiger partial charge in [-0.05, 0) is 79.2 Å². The molecule has 0 unspecified atom stereocenters. The van der Waals surface area contributed by atoms with Crippen LogP contribution in [0.15, 0.2) is 103 Å². The predicted octanol–water partition coefficient (Wildman–Crippen LogP) is 7.65. The quantitative estimate of drug-likeness (QED) is 0.220. The number of alkyl halides is 3. The summed E-state index contributed by atoms with van der Waals surface area (Å²) in [5.41, 5.74) is 2.17. The Morgan fingerprint density at radius 2 is 1.65 bits per heavy atom. The number of para-hydroxylation sites is 1. The summed E-state index contributed by atoms with van der Waals surface area (Å²) in [7, 11) is 0.